The smallest absolute Gasteiger partial charge is 0.119 e. The van der Waals surface area contributed by atoms with Crippen molar-refractivity contribution in [2.75, 3.05) is 6.61 Å². The summed E-state index contributed by atoms with van der Waals surface area (Å²) in [5.74, 6) is 2.73. The molecule has 1 saturated carbocycles. The highest BCUT2D eigenvalue weighted by atomic mass is 16.5. The molecule has 14 heavy (non-hydrogen) atoms. The van der Waals surface area contributed by atoms with E-state index in [0.29, 0.717) is 0 Å². The summed E-state index contributed by atoms with van der Waals surface area (Å²) < 4.78 is 5.74. The van der Waals surface area contributed by atoms with E-state index in [0.717, 1.165) is 24.2 Å². The minimum atomic E-state index is 0.797. The molecule has 0 saturated heterocycles. The highest BCUT2D eigenvalue weighted by molar-refractivity contribution is 5.27. The lowest BCUT2D eigenvalue weighted by Gasteiger charge is -2.32. The van der Waals surface area contributed by atoms with Gasteiger partial charge in [-0.05, 0) is 49.3 Å². The van der Waals surface area contributed by atoms with Crippen molar-refractivity contribution in [2.45, 2.75) is 26.7 Å². The number of ether oxygens (including phenoxy) is 1. The number of hydrogen-bond donors (Lipinski definition) is 0. The first-order valence-corrected chi connectivity index (χ1v) is 5.43. The molecule has 1 heteroatoms. The SMILES string of the molecule is Cc1cccc(OCC2CC(C)C2)c1. The van der Waals surface area contributed by atoms with Gasteiger partial charge in [-0.15, -0.1) is 0 Å². The van der Waals surface area contributed by atoms with Crippen LogP contribution in [-0.4, -0.2) is 6.61 Å². The Hall–Kier alpha value is -0.980. The van der Waals surface area contributed by atoms with Gasteiger partial charge in [0, 0.05) is 0 Å². The molecule has 0 aromatic heterocycles. The van der Waals surface area contributed by atoms with Gasteiger partial charge in [-0.1, -0.05) is 19.1 Å². The van der Waals surface area contributed by atoms with Gasteiger partial charge >= 0.3 is 0 Å². The summed E-state index contributed by atoms with van der Waals surface area (Å²) in [5, 5.41) is 0. The van der Waals surface area contributed by atoms with E-state index in [9.17, 15) is 0 Å². The summed E-state index contributed by atoms with van der Waals surface area (Å²) in [6.07, 6.45) is 2.68. The third kappa shape index (κ3) is 2.28. The van der Waals surface area contributed by atoms with Crippen LogP contribution in [-0.2, 0) is 0 Å². The minimum absolute atomic E-state index is 0.797. The molecule has 76 valence electrons. The molecule has 0 unspecified atom stereocenters. The Bertz CT molecular complexity index is 300. The molecule has 1 aromatic rings. The van der Waals surface area contributed by atoms with E-state index in [4.69, 9.17) is 4.74 Å². The Labute approximate surface area is 86.1 Å². The van der Waals surface area contributed by atoms with E-state index in [1.165, 1.54) is 18.4 Å². The van der Waals surface area contributed by atoms with Crippen molar-refractivity contribution in [2.24, 2.45) is 11.8 Å². The molecule has 1 fully saturated rings. The summed E-state index contributed by atoms with van der Waals surface area (Å²) in [5.41, 5.74) is 1.27. The Balaban J connectivity index is 1.80. The van der Waals surface area contributed by atoms with Crippen LogP contribution in [0.4, 0.5) is 0 Å². The van der Waals surface area contributed by atoms with Crippen LogP contribution in [0.3, 0.4) is 0 Å². The maximum Gasteiger partial charge on any atom is 0.119 e. The van der Waals surface area contributed by atoms with Crippen LogP contribution < -0.4 is 4.74 Å². The van der Waals surface area contributed by atoms with Gasteiger partial charge in [-0.2, -0.15) is 0 Å². The minimum Gasteiger partial charge on any atom is -0.493 e. The third-order valence-electron chi connectivity index (χ3n) is 2.95. The van der Waals surface area contributed by atoms with Crippen LogP contribution in [0.15, 0.2) is 24.3 Å². The first-order valence-electron chi connectivity index (χ1n) is 5.43. The van der Waals surface area contributed by atoms with Crippen LogP contribution >= 0.6 is 0 Å². The van der Waals surface area contributed by atoms with Crippen molar-refractivity contribution in [1.82, 2.24) is 0 Å². The van der Waals surface area contributed by atoms with Crippen LogP contribution in [0, 0.1) is 18.8 Å². The van der Waals surface area contributed by atoms with Crippen LogP contribution in [0.2, 0.25) is 0 Å². The average molecular weight is 190 g/mol. The van der Waals surface area contributed by atoms with E-state index in [1.54, 1.807) is 0 Å². The molecule has 1 aliphatic carbocycles. The summed E-state index contributed by atoms with van der Waals surface area (Å²) in [6.45, 7) is 5.30. The van der Waals surface area contributed by atoms with Gasteiger partial charge in [0.25, 0.3) is 0 Å². The maximum absolute atomic E-state index is 5.74. The molecule has 0 spiro atoms. The van der Waals surface area contributed by atoms with Crippen LogP contribution in [0.1, 0.15) is 25.3 Å². The van der Waals surface area contributed by atoms with E-state index in [2.05, 4.69) is 26.0 Å². The lowest BCUT2D eigenvalue weighted by atomic mass is 9.77. The first-order chi connectivity index (χ1) is 6.74. The Morgan fingerprint density at radius 3 is 2.79 bits per heavy atom. The lowest BCUT2D eigenvalue weighted by Crippen LogP contribution is -2.26. The number of rotatable bonds is 3. The van der Waals surface area contributed by atoms with Gasteiger partial charge < -0.3 is 4.74 Å². The van der Waals surface area contributed by atoms with Gasteiger partial charge in [0.1, 0.15) is 5.75 Å². The monoisotopic (exact) mass is 190 g/mol. The van der Waals surface area contributed by atoms with Gasteiger partial charge in [0.15, 0.2) is 0 Å². The van der Waals surface area contributed by atoms with Gasteiger partial charge in [-0.3, -0.25) is 0 Å². The van der Waals surface area contributed by atoms with E-state index in [1.807, 2.05) is 12.1 Å². The van der Waals surface area contributed by atoms with E-state index < -0.39 is 0 Å². The molecule has 0 atom stereocenters. The zero-order chi connectivity index (χ0) is 9.97. The standard InChI is InChI=1S/C13H18O/c1-10-4-3-5-13(8-10)14-9-12-6-11(2)7-12/h3-5,8,11-12H,6-7,9H2,1-2H3. The number of benzene rings is 1. The highest BCUT2D eigenvalue weighted by Crippen LogP contribution is 2.33. The Morgan fingerprint density at radius 2 is 2.14 bits per heavy atom. The molecule has 1 aliphatic rings. The molecular formula is C13H18O. The Kier molecular flexibility index (Phi) is 2.76. The maximum atomic E-state index is 5.74. The van der Waals surface area contributed by atoms with Crippen molar-refractivity contribution in [3.63, 3.8) is 0 Å². The fourth-order valence-corrected chi connectivity index (χ4v) is 2.12. The van der Waals surface area contributed by atoms with Crippen molar-refractivity contribution < 1.29 is 4.74 Å². The highest BCUT2D eigenvalue weighted by Gasteiger charge is 2.25. The predicted molar refractivity (Wildman–Crippen MR) is 58.6 cm³/mol. The molecule has 0 heterocycles. The second-order valence-electron chi connectivity index (χ2n) is 4.57. The molecular weight excluding hydrogens is 172 g/mol. The van der Waals surface area contributed by atoms with E-state index >= 15 is 0 Å². The van der Waals surface area contributed by atoms with Gasteiger partial charge in [-0.25, -0.2) is 0 Å². The Morgan fingerprint density at radius 1 is 1.36 bits per heavy atom. The topological polar surface area (TPSA) is 9.23 Å². The molecule has 0 aliphatic heterocycles. The lowest BCUT2D eigenvalue weighted by molar-refractivity contribution is 0.131. The molecule has 0 radical (unpaired) electrons. The first kappa shape index (κ1) is 9.57. The molecule has 1 aromatic carbocycles. The second kappa shape index (κ2) is 4.04. The zero-order valence-corrected chi connectivity index (χ0v) is 8.99. The largest absolute Gasteiger partial charge is 0.493 e. The quantitative estimate of drug-likeness (QED) is 0.709. The van der Waals surface area contributed by atoms with Gasteiger partial charge in [0.2, 0.25) is 0 Å². The van der Waals surface area contributed by atoms with Crippen LogP contribution in [0.5, 0.6) is 5.75 Å². The molecule has 1 nitrogen and oxygen atoms in total. The van der Waals surface area contributed by atoms with Crippen molar-refractivity contribution in [1.29, 1.82) is 0 Å². The predicted octanol–water partition coefficient (Wildman–Crippen LogP) is 3.42. The fraction of sp³-hybridized carbons (Fsp3) is 0.538. The number of hydrogen-bond acceptors (Lipinski definition) is 1. The summed E-state index contributed by atoms with van der Waals surface area (Å²) in [4.78, 5) is 0. The summed E-state index contributed by atoms with van der Waals surface area (Å²) in [7, 11) is 0. The molecule has 0 amide bonds. The van der Waals surface area contributed by atoms with E-state index in [-0.39, 0.29) is 0 Å². The average Bonchev–Trinajstić information content (AvgIpc) is 2.11. The zero-order valence-electron chi connectivity index (χ0n) is 8.99. The molecule has 0 N–H and O–H groups in total. The van der Waals surface area contributed by atoms with Crippen molar-refractivity contribution >= 4 is 0 Å². The molecule has 0 bridgehead atoms. The van der Waals surface area contributed by atoms with Crippen molar-refractivity contribution in [3.05, 3.63) is 29.8 Å². The van der Waals surface area contributed by atoms with Gasteiger partial charge in [0.05, 0.1) is 6.61 Å². The summed E-state index contributed by atoms with van der Waals surface area (Å²) >= 11 is 0. The summed E-state index contributed by atoms with van der Waals surface area (Å²) in [6, 6.07) is 8.28. The third-order valence-corrected chi connectivity index (χ3v) is 2.95. The number of aryl methyl sites for hydroxylation is 1. The fourth-order valence-electron chi connectivity index (χ4n) is 2.12. The second-order valence-corrected chi connectivity index (χ2v) is 4.57. The van der Waals surface area contributed by atoms with Crippen LogP contribution in [0.25, 0.3) is 0 Å². The molecule has 2 rings (SSSR count). The normalized spacial score (nSPS) is 25.6. The van der Waals surface area contributed by atoms with Crippen molar-refractivity contribution in [3.8, 4) is 5.75 Å².